The van der Waals surface area contributed by atoms with Crippen molar-refractivity contribution in [1.29, 1.82) is 0 Å². The largest absolute Gasteiger partial charge is 0.493 e. The molecule has 2 amide bonds. The summed E-state index contributed by atoms with van der Waals surface area (Å²) in [6.07, 6.45) is 9.26. The maximum Gasteiger partial charge on any atom is 0.318 e. The van der Waals surface area contributed by atoms with E-state index in [1.165, 1.54) is 18.2 Å². The summed E-state index contributed by atoms with van der Waals surface area (Å²) < 4.78 is 16.9. The van der Waals surface area contributed by atoms with E-state index in [1.807, 2.05) is 17.0 Å². The van der Waals surface area contributed by atoms with Crippen molar-refractivity contribution in [2.45, 2.75) is 39.3 Å². The molecule has 0 saturated carbocycles. The average molecular weight is 514 g/mol. The van der Waals surface area contributed by atoms with Crippen molar-refractivity contribution in [2.24, 2.45) is 0 Å². The Morgan fingerprint density at radius 2 is 2.00 bits per heavy atom. The summed E-state index contributed by atoms with van der Waals surface area (Å²) in [4.78, 5) is 27.9. The quantitative estimate of drug-likeness (QED) is 0.368. The highest BCUT2D eigenvalue weighted by Crippen LogP contribution is 2.42. The number of carbonyl (C=O) groups is 1. The van der Waals surface area contributed by atoms with Gasteiger partial charge < -0.3 is 24.1 Å². The lowest BCUT2D eigenvalue weighted by Gasteiger charge is -2.38. The fourth-order valence-electron chi connectivity index (χ4n) is 4.90. The monoisotopic (exact) mass is 513 g/mol. The maximum atomic E-state index is 13.5. The summed E-state index contributed by atoms with van der Waals surface area (Å²) in [7, 11) is 1.64. The molecule has 0 spiro atoms. The second-order valence-electron chi connectivity index (χ2n) is 9.34. The molecule has 4 aromatic rings. The zero-order valence-corrected chi connectivity index (χ0v) is 21.8. The summed E-state index contributed by atoms with van der Waals surface area (Å²) in [6.45, 7) is 5.43. The van der Waals surface area contributed by atoms with Crippen molar-refractivity contribution in [3.8, 4) is 11.5 Å². The number of carbonyl (C=O) groups excluding carboxylic acids is 1. The Kier molecular flexibility index (Phi) is 7.53. The van der Waals surface area contributed by atoms with Crippen LogP contribution >= 0.6 is 0 Å². The molecule has 0 radical (unpaired) electrons. The zero-order valence-electron chi connectivity index (χ0n) is 21.8. The number of amides is 2. The fourth-order valence-corrected chi connectivity index (χ4v) is 4.90. The van der Waals surface area contributed by atoms with E-state index in [2.05, 4.69) is 52.3 Å². The third-order valence-corrected chi connectivity index (χ3v) is 6.77. The van der Waals surface area contributed by atoms with Crippen LogP contribution in [0.3, 0.4) is 0 Å². The Labute approximate surface area is 221 Å². The lowest BCUT2D eigenvalue weighted by atomic mass is 9.85. The molecule has 2 aromatic carbocycles. The van der Waals surface area contributed by atoms with Gasteiger partial charge >= 0.3 is 6.03 Å². The normalized spacial score (nSPS) is 14.6. The number of aromatic nitrogens is 3. The van der Waals surface area contributed by atoms with Gasteiger partial charge in [0, 0.05) is 31.6 Å². The van der Waals surface area contributed by atoms with Gasteiger partial charge in [0.1, 0.15) is 6.26 Å². The molecule has 5 rings (SSSR count). The molecule has 0 aliphatic carbocycles. The molecule has 1 atom stereocenters. The molecular weight excluding hydrogens is 482 g/mol. The van der Waals surface area contributed by atoms with E-state index in [0.717, 1.165) is 27.9 Å². The summed E-state index contributed by atoms with van der Waals surface area (Å²) in [5.74, 6) is 1.31. The molecule has 1 aliphatic heterocycles. The van der Waals surface area contributed by atoms with Crippen LogP contribution in [0.1, 0.15) is 45.2 Å². The number of urea groups is 1. The lowest BCUT2D eigenvalue weighted by Crippen LogP contribution is -2.46. The summed E-state index contributed by atoms with van der Waals surface area (Å²) in [5.41, 5.74) is 7.05. The molecule has 3 heterocycles. The average Bonchev–Trinajstić information content (AvgIpc) is 3.45. The van der Waals surface area contributed by atoms with Crippen molar-refractivity contribution >= 4 is 6.03 Å². The molecule has 196 valence electrons. The van der Waals surface area contributed by atoms with Crippen molar-refractivity contribution in [2.75, 3.05) is 20.3 Å². The van der Waals surface area contributed by atoms with E-state index in [9.17, 15) is 4.79 Å². The number of hydrogen-bond acceptors (Lipinski definition) is 7. The highest BCUT2D eigenvalue weighted by molar-refractivity contribution is 5.76. The molecule has 2 aromatic heterocycles. The van der Waals surface area contributed by atoms with E-state index in [0.29, 0.717) is 43.2 Å². The van der Waals surface area contributed by atoms with Crippen LogP contribution in [0, 0.1) is 13.8 Å². The van der Waals surface area contributed by atoms with Crippen LogP contribution in [0.25, 0.3) is 0 Å². The van der Waals surface area contributed by atoms with Gasteiger partial charge in [-0.25, -0.2) is 9.78 Å². The minimum absolute atomic E-state index is 0.162. The maximum absolute atomic E-state index is 13.5. The number of benzene rings is 2. The third kappa shape index (κ3) is 5.46. The van der Waals surface area contributed by atoms with Crippen LogP contribution in [0.4, 0.5) is 4.79 Å². The van der Waals surface area contributed by atoms with E-state index < -0.39 is 0 Å². The van der Waals surface area contributed by atoms with Crippen molar-refractivity contribution < 1.29 is 18.7 Å². The number of nitrogens with zero attached hydrogens (tertiary/aromatic N) is 4. The Morgan fingerprint density at radius 1 is 1.11 bits per heavy atom. The Bertz CT molecular complexity index is 1390. The number of ether oxygens (including phenoxy) is 2. The molecular formula is C29H31N5O4. The van der Waals surface area contributed by atoms with E-state index in [1.54, 1.807) is 25.7 Å². The molecule has 9 nitrogen and oxygen atoms in total. The smallest absolute Gasteiger partial charge is 0.318 e. The number of fused-ring (bicyclic) bond motifs is 1. The van der Waals surface area contributed by atoms with Crippen LogP contribution in [0.15, 0.2) is 66.0 Å². The Morgan fingerprint density at radius 3 is 2.74 bits per heavy atom. The molecule has 1 N–H and O–H groups in total. The van der Waals surface area contributed by atoms with Gasteiger partial charge in [0.05, 0.1) is 37.7 Å². The topological polar surface area (TPSA) is 103 Å². The highest BCUT2D eigenvalue weighted by atomic mass is 16.5. The van der Waals surface area contributed by atoms with Gasteiger partial charge in [-0.1, -0.05) is 23.8 Å². The number of hydrogen-bond donors (Lipinski definition) is 1. The van der Waals surface area contributed by atoms with Gasteiger partial charge in [0.25, 0.3) is 0 Å². The first kappa shape index (κ1) is 25.3. The number of methoxy groups -OCH3 is 1. The minimum atomic E-state index is -0.287. The van der Waals surface area contributed by atoms with Gasteiger partial charge in [-0.2, -0.15) is 0 Å². The van der Waals surface area contributed by atoms with Crippen LogP contribution in [-0.2, 0) is 19.4 Å². The standard InChI is InChI=1S/C29H31N5O4/c1-19-4-5-24(20(2)12-19)28-25-14-27(38-11-7-22-15-30-8-9-31-22)26(36-3)13-21(25)6-10-34(28)29(35)32-16-23-17-37-18-33-23/h4-5,8-9,12-15,17-18,28H,6-7,10-11,16H2,1-3H3,(H,32,35). The first-order valence-electron chi connectivity index (χ1n) is 12.6. The predicted molar refractivity (Wildman–Crippen MR) is 141 cm³/mol. The highest BCUT2D eigenvalue weighted by Gasteiger charge is 2.34. The lowest BCUT2D eigenvalue weighted by molar-refractivity contribution is 0.179. The van der Waals surface area contributed by atoms with Crippen LogP contribution in [0.2, 0.25) is 0 Å². The fraction of sp³-hybridized carbons (Fsp3) is 0.310. The van der Waals surface area contributed by atoms with Gasteiger partial charge in [0.2, 0.25) is 0 Å². The molecule has 1 unspecified atom stereocenters. The number of oxazole rings is 1. The van der Waals surface area contributed by atoms with Gasteiger partial charge in [-0.05, 0) is 54.7 Å². The van der Waals surface area contributed by atoms with Crippen LogP contribution in [-0.4, -0.2) is 46.1 Å². The first-order valence-corrected chi connectivity index (χ1v) is 12.6. The zero-order chi connectivity index (χ0) is 26.5. The van der Waals surface area contributed by atoms with Gasteiger partial charge in [-0.15, -0.1) is 0 Å². The van der Waals surface area contributed by atoms with Crippen LogP contribution < -0.4 is 14.8 Å². The molecule has 0 bridgehead atoms. The predicted octanol–water partition coefficient (Wildman–Crippen LogP) is 4.57. The first-order chi connectivity index (χ1) is 18.5. The van der Waals surface area contributed by atoms with E-state index >= 15 is 0 Å². The Balaban J connectivity index is 1.47. The molecule has 38 heavy (non-hydrogen) atoms. The number of aryl methyl sites for hydroxylation is 2. The molecule has 0 saturated heterocycles. The summed E-state index contributed by atoms with van der Waals surface area (Å²) in [6, 6.07) is 9.96. The third-order valence-electron chi connectivity index (χ3n) is 6.77. The van der Waals surface area contributed by atoms with Gasteiger partial charge in [-0.3, -0.25) is 9.97 Å². The van der Waals surface area contributed by atoms with E-state index in [-0.39, 0.29) is 18.6 Å². The van der Waals surface area contributed by atoms with Crippen LogP contribution in [0.5, 0.6) is 11.5 Å². The molecule has 0 fully saturated rings. The second-order valence-corrected chi connectivity index (χ2v) is 9.34. The molecule has 1 aliphatic rings. The summed E-state index contributed by atoms with van der Waals surface area (Å²) in [5, 5.41) is 3.00. The SMILES string of the molecule is COc1cc2c(cc1OCCc1cnccn1)C(c1ccc(C)cc1C)N(C(=O)NCc1cocn1)CC2. The second kappa shape index (κ2) is 11.3. The summed E-state index contributed by atoms with van der Waals surface area (Å²) >= 11 is 0. The van der Waals surface area contributed by atoms with Crippen molar-refractivity contribution in [3.63, 3.8) is 0 Å². The number of nitrogens with one attached hydrogen (secondary N) is 1. The Hall–Kier alpha value is -4.40. The van der Waals surface area contributed by atoms with Crippen molar-refractivity contribution in [3.05, 3.63) is 101 Å². The molecule has 9 heteroatoms. The number of rotatable bonds is 8. The minimum Gasteiger partial charge on any atom is -0.493 e. The van der Waals surface area contributed by atoms with Gasteiger partial charge in [0.15, 0.2) is 17.9 Å². The van der Waals surface area contributed by atoms with Crippen molar-refractivity contribution in [1.82, 2.24) is 25.2 Å². The van der Waals surface area contributed by atoms with E-state index in [4.69, 9.17) is 13.9 Å².